The highest BCUT2D eigenvalue weighted by molar-refractivity contribution is 5.85. The molecule has 0 bridgehead atoms. The molecule has 1 atom stereocenters. The Kier molecular flexibility index (Phi) is 10.8. The van der Waals surface area contributed by atoms with E-state index in [0.29, 0.717) is 13.2 Å². The Morgan fingerprint density at radius 2 is 2.22 bits per heavy atom. The topological polar surface area (TPSA) is 55.5 Å². The summed E-state index contributed by atoms with van der Waals surface area (Å²) in [5, 5.41) is 8.36. The molecule has 0 radical (unpaired) electrons. The van der Waals surface area contributed by atoms with Crippen molar-refractivity contribution in [3.63, 3.8) is 0 Å². The first-order valence-corrected chi connectivity index (χ1v) is 2.75. The van der Waals surface area contributed by atoms with Crippen LogP contribution in [0.1, 0.15) is 6.92 Å². The fraction of sp³-hybridized carbons (Fsp3) is 1.00. The molecule has 0 aromatic heterocycles. The summed E-state index contributed by atoms with van der Waals surface area (Å²) >= 11 is 0. The van der Waals surface area contributed by atoms with Crippen LogP contribution in [0.5, 0.6) is 0 Å². The standard InChI is InChI=1S/C5H13NO2.ClH/c1-2-8-4-5(6)3-7;/h5,7H,2-4,6H2,1H3;1H. The van der Waals surface area contributed by atoms with Crippen molar-refractivity contribution < 1.29 is 9.84 Å². The first-order valence-electron chi connectivity index (χ1n) is 2.75. The van der Waals surface area contributed by atoms with Crippen molar-refractivity contribution in [2.24, 2.45) is 5.73 Å². The Morgan fingerprint density at radius 3 is 2.56 bits per heavy atom. The van der Waals surface area contributed by atoms with Crippen molar-refractivity contribution >= 4 is 12.4 Å². The lowest BCUT2D eigenvalue weighted by Gasteiger charge is -2.05. The molecular formula is C5H14ClNO2. The van der Waals surface area contributed by atoms with Crippen LogP contribution in [-0.2, 0) is 4.74 Å². The number of nitrogens with two attached hydrogens (primary N) is 1. The van der Waals surface area contributed by atoms with Crippen LogP contribution >= 0.6 is 12.4 Å². The van der Waals surface area contributed by atoms with Gasteiger partial charge in [0.25, 0.3) is 0 Å². The molecule has 0 heterocycles. The molecule has 0 aliphatic heterocycles. The molecule has 0 saturated carbocycles. The second-order valence-electron chi connectivity index (χ2n) is 1.60. The average molecular weight is 156 g/mol. The van der Waals surface area contributed by atoms with E-state index in [9.17, 15) is 0 Å². The number of aliphatic hydroxyl groups is 1. The molecule has 0 aliphatic rings. The molecule has 0 amide bonds. The van der Waals surface area contributed by atoms with Crippen molar-refractivity contribution in [3.05, 3.63) is 0 Å². The third kappa shape index (κ3) is 8.17. The van der Waals surface area contributed by atoms with Crippen molar-refractivity contribution in [3.8, 4) is 0 Å². The van der Waals surface area contributed by atoms with Gasteiger partial charge in [0.2, 0.25) is 0 Å². The van der Waals surface area contributed by atoms with E-state index in [-0.39, 0.29) is 25.1 Å². The van der Waals surface area contributed by atoms with Gasteiger partial charge in [0.05, 0.1) is 19.3 Å². The highest BCUT2D eigenvalue weighted by Crippen LogP contribution is 1.77. The predicted molar refractivity (Wildman–Crippen MR) is 38.8 cm³/mol. The summed E-state index contributed by atoms with van der Waals surface area (Å²) in [6.45, 7) is 3.00. The lowest BCUT2D eigenvalue weighted by Crippen LogP contribution is -2.29. The number of halogens is 1. The molecule has 58 valence electrons. The van der Waals surface area contributed by atoms with E-state index in [1.54, 1.807) is 0 Å². The molecule has 3 nitrogen and oxygen atoms in total. The minimum atomic E-state index is -0.213. The largest absolute Gasteiger partial charge is 0.395 e. The third-order valence-electron chi connectivity index (χ3n) is 0.771. The van der Waals surface area contributed by atoms with E-state index in [2.05, 4.69) is 0 Å². The van der Waals surface area contributed by atoms with Gasteiger partial charge in [0.1, 0.15) is 0 Å². The first kappa shape index (κ1) is 11.9. The van der Waals surface area contributed by atoms with Crippen molar-refractivity contribution in [2.45, 2.75) is 13.0 Å². The third-order valence-corrected chi connectivity index (χ3v) is 0.771. The second kappa shape index (κ2) is 8.17. The molecule has 0 fully saturated rings. The van der Waals surface area contributed by atoms with E-state index in [1.807, 2.05) is 6.92 Å². The number of hydrogen-bond acceptors (Lipinski definition) is 3. The van der Waals surface area contributed by atoms with E-state index in [0.717, 1.165) is 0 Å². The van der Waals surface area contributed by atoms with Crippen LogP contribution in [0.15, 0.2) is 0 Å². The highest BCUT2D eigenvalue weighted by Gasteiger charge is 1.96. The van der Waals surface area contributed by atoms with Gasteiger partial charge >= 0.3 is 0 Å². The summed E-state index contributed by atoms with van der Waals surface area (Å²) in [5.41, 5.74) is 5.28. The molecule has 0 aliphatic carbocycles. The van der Waals surface area contributed by atoms with E-state index in [4.69, 9.17) is 15.6 Å². The number of aliphatic hydroxyl groups excluding tert-OH is 1. The Balaban J connectivity index is 0. The van der Waals surface area contributed by atoms with Crippen LogP contribution in [0.2, 0.25) is 0 Å². The monoisotopic (exact) mass is 155 g/mol. The Hall–Kier alpha value is 0.170. The number of ether oxygens (including phenoxy) is 1. The minimum Gasteiger partial charge on any atom is -0.395 e. The van der Waals surface area contributed by atoms with Gasteiger partial charge in [-0.15, -0.1) is 12.4 Å². The Labute approximate surface area is 61.6 Å². The number of hydrogen-bond donors (Lipinski definition) is 2. The fourth-order valence-electron chi connectivity index (χ4n) is 0.322. The molecule has 3 N–H and O–H groups in total. The summed E-state index contributed by atoms with van der Waals surface area (Å²) in [6, 6.07) is -0.213. The zero-order valence-electron chi connectivity index (χ0n) is 5.54. The van der Waals surface area contributed by atoms with Crippen LogP contribution < -0.4 is 5.73 Å². The maximum Gasteiger partial charge on any atom is 0.0639 e. The van der Waals surface area contributed by atoms with E-state index >= 15 is 0 Å². The molecule has 0 aromatic rings. The SMILES string of the molecule is CCOCC(N)CO.Cl. The summed E-state index contributed by atoms with van der Waals surface area (Å²) in [6.07, 6.45) is 0. The maximum absolute atomic E-state index is 8.36. The van der Waals surface area contributed by atoms with Crippen LogP contribution in [0.25, 0.3) is 0 Å². The molecule has 0 spiro atoms. The van der Waals surface area contributed by atoms with Crippen LogP contribution in [0, 0.1) is 0 Å². The van der Waals surface area contributed by atoms with Gasteiger partial charge in [-0.1, -0.05) is 0 Å². The normalized spacial score (nSPS) is 12.3. The minimum absolute atomic E-state index is 0. The summed E-state index contributed by atoms with van der Waals surface area (Å²) in [7, 11) is 0. The highest BCUT2D eigenvalue weighted by atomic mass is 35.5. The molecule has 4 heteroatoms. The molecule has 0 aromatic carbocycles. The molecule has 1 unspecified atom stereocenters. The fourth-order valence-corrected chi connectivity index (χ4v) is 0.322. The lowest BCUT2D eigenvalue weighted by molar-refractivity contribution is 0.111. The van der Waals surface area contributed by atoms with Crippen molar-refractivity contribution in [2.75, 3.05) is 19.8 Å². The van der Waals surface area contributed by atoms with E-state index < -0.39 is 0 Å². The zero-order chi connectivity index (χ0) is 6.41. The molecule has 0 saturated heterocycles. The van der Waals surface area contributed by atoms with Gasteiger partial charge < -0.3 is 15.6 Å². The summed E-state index contributed by atoms with van der Waals surface area (Å²) < 4.78 is 4.90. The van der Waals surface area contributed by atoms with E-state index in [1.165, 1.54) is 0 Å². The maximum atomic E-state index is 8.36. The van der Waals surface area contributed by atoms with Crippen LogP contribution in [-0.4, -0.2) is 31.0 Å². The summed E-state index contributed by atoms with van der Waals surface area (Å²) in [5.74, 6) is 0. The van der Waals surface area contributed by atoms with Gasteiger partial charge in [0, 0.05) is 6.61 Å². The Bertz CT molecular complexity index is 54.2. The van der Waals surface area contributed by atoms with Crippen molar-refractivity contribution in [1.29, 1.82) is 0 Å². The lowest BCUT2D eigenvalue weighted by atomic mass is 10.4. The van der Waals surface area contributed by atoms with Gasteiger partial charge in [-0.2, -0.15) is 0 Å². The van der Waals surface area contributed by atoms with Gasteiger partial charge in [0.15, 0.2) is 0 Å². The van der Waals surface area contributed by atoms with Gasteiger partial charge in [-0.05, 0) is 6.92 Å². The molecular weight excluding hydrogens is 142 g/mol. The quantitative estimate of drug-likeness (QED) is 0.590. The van der Waals surface area contributed by atoms with Crippen LogP contribution in [0.3, 0.4) is 0 Å². The molecule has 9 heavy (non-hydrogen) atoms. The number of rotatable bonds is 4. The average Bonchev–Trinajstić information content (AvgIpc) is 1.83. The smallest absolute Gasteiger partial charge is 0.0639 e. The van der Waals surface area contributed by atoms with Gasteiger partial charge in [-0.3, -0.25) is 0 Å². The van der Waals surface area contributed by atoms with Crippen molar-refractivity contribution in [1.82, 2.24) is 0 Å². The van der Waals surface area contributed by atoms with Gasteiger partial charge in [-0.25, -0.2) is 0 Å². The first-order chi connectivity index (χ1) is 3.81. The predicted octanol–water partition coefficient (Wildman–Crippen LogP) is -0.236. The zero-order valence-corrected chi connectivity index (χ0v) is 6.36. The second-order valence-corrected chi connectivity index (χ2v) is 1.60. The van der Waals surface area contributed by atoms with Crippen LogP contribution in [0.4, 0.5) is 0 Å². The summed E-state index contributed by atoms with van der Waals surface area (Å²) in [4.78, 5) is 0. The molecule has 0 rings (SSSR count). The Morgan fingerprint density at radius 1 is 1.67 bits per heavy atom.